The van der Waals surface area contributed by atoms with Crippen molar-refractivity contribution in [3.63, 3.8) is 0 Å². The summed E-state index contributed by atoms with van der Waals surface area (Å²) in [5.74, 6) is -0.00552. The van der Waals surface area contributed by atoms with E-state index in [4.69, 9.17) is 4.42 Å². The summed E-state index contributed by atoms with van der Waals surface area (Å²) in [6.45, 7) is 3.97. The zero-order valence-electron chi connectivity index (χ0n) is 15.8. The third-order valence-electron chi connectivity index (χ3n) is 5.41. The molecule has 1 amide bonds. The second-order valence-corrected chi connectivity index (χ2v) is 8.35. The Balaban J connectivity index is 1.35. The molecule has 4 aromatic rings. The Morgan fingerprint density at radius 3 is 2.45 bits per heavy atom. The van der Waals surface area contributed by atoms with Gasteiger partial charge in [-0.25, -0.2) is 4.79 Å². The van der Waals surface area contributed by atoms with Crippen LogP contribution in [0.15, 0.2) is 69.9 Å². The molecule has 0 unspecified atom stereocenters. The number of carbonyl (C=O) groups is 1. The number of nitrogens with zero attached hydrogens (tertiary/aromatic N) is 2. The van der Waals surface area contributed by atoms with Gasteiger partial charge in [0, 0.05) is 38.1 Å². The molecule has 0 spiro atoms. The minimum atomic E-state index is -0.387. The minimum Gasteiger partial charge on any atom is -0.422 e. The van der Waals surface area contributed by atoms with Crippen LogP contribution in [0.3, 0.4) is 0 Å². The lowest BCUT2D eigenvalue weighted by atomic mass is 10.2. The average molecular weight is 404 g/mol. The molecule has 146 valence electrons. The number of amides is 1. The number of hydrogen-bond acceptors (Lipinski definition) is 5. The van der Waals surface area contributed by atoms with Gasteiger partial charge in [-0.1, -0.05) is 42.5 Å². The van der Waals surface area contributed by atoms with Crippen molar-refractivity contribution >= 4 is 38.3 Å². The van der Waals surface area contributed by atoms with Crippen molar-refractivity contribution < 1.29 is 9.21 Å². The summed E-state index contributed by atoms with van der Waals surface area (Å²) < 4.78 is 6.23. The average Bonchev–Trinajstić information content (AvgIpc) is 3.21. The van der Waals surface area contributed by atoms with Gasteiger partial charge in [-0.3, -0.25) is 9.69 Å². The molecule has 5 nitrogen and oxygen atoms in total. The van der Waals surface area contributed by atoms with Crippen molar-refractivity contribution in [3.8, 4) is 0 Å². The monoisotopic (exact) mass is 404 g/mol. The van der Waals surface area contributed by atoms with Crippen molar-refractivity contribution in [2.45, 2.75) is 6.54 Å². The van der Waals surface area contributed by atoms with E-state index in [-0.39, 0.29) is 11.5 Å². The molecule has 6 heteroatoms. The number of fused-ring (bicyclic) bond motifs is 3. The fraction of sp³-hybridized carbons (Fsp3) is 0.217. The van der Waals surface area contributed by atoms with Crippen LogP contribution in [0.2, 0.25) is 0 Å². The van der Waals surface area contributed by atoms with Gasteiger partial charge in [0.15, 0.2) is 0 Å². The first kappa shape index (κ1) is 18.1. The maximum Gasteiger partial charge on any atom is 0.345 e. The molecular weight excluding hydrogens is 384 g/mol. The van der Waals surface area contributed by atoms with Gasteiger partial charge in [0.25, 0.3) is 5.91 Å². The fourth-order valence-electron chi connectivity index (χ4n) is 3.85. The lowest BCUT2D eigenvalue weighted by Crippen LogP contribution is -2.48. The number of carbonyl (C=O) groups excluding carboxylic acids is 1. The molecule has 1 fully saturated rings. The van der Waals surface area contributed by atoms with E-state index in [2.05, 4.69) is 29.2 Å². The molecule has 0 bridgehead atoms. The highest BCUT2D eigenvalue weighted by Gasteiger charge is 2.24. The van der Waals surface area contributed by atoms with E-state index in [9.17, 15) is 9.59 Å². The second-order valence-electron chi connectivity index (χ2n) is 7.29. The first-order valence-electron chi connectivity index (χ1n) is 9.70. The van der Waals surface area contributed by atoms with Crippen LogP contribution in [0.1, 0.15) is 15.2 Å². The van der Waals surface area contributed by atoms with Gasteiger partial charge in [0.05, 0.1) is 15.0 Å². The summed E-state index contributed by atoms with van der Waals surface area (Å²) in [6.07, 6.45) is 0. The van der Waals surface area contributed by atoms with Gasteiger partial charge >= 0.3 is 5.63 Å². The Hall–Kier alpha value is -2.96. The number of para-hydroxylation sites is 1. The Labute approximate surface area is 171 Å². The third-order valence-corrected chi connectivity index (χ3v) is 6.56. The number of benzene rings is 2. The maximum atomic E-state index is 13.1. The summed E-state index contributed by atoms with van der Waals surface area (Å²) in [5, 5.41) is 1.36. The van der Waals surface area contributed by atoms with Gasteiger partial charge < -0.3 is 9.32 Å². The molecule has 1 aliphatic rings. The molecule has 0 radical (unpaired) electrons. The van der Waals surface area contributed by atoms with Crippen molar-refractivity contribution in [1.82, 2.24) is 9.80 Å². The molecule has 29 heavy (non-hydrogen) atoms. The lowest BCUT2D eigenvalue weighted by molar-refractivity contribution is 0.0633. The Bertz CT molecular complexity index is 1240. The van der Waals surface area contributed by atoms with Crippen LogP contribution >= 0.6 is 11.3 Å². The van der Waals surface area contributed by atoms with Crippen LogP contribution in [-0.4, -0.2) is 41.9 Å². The molecular formula is C23H20N2O3S. The molecule has 0 saturated carbocycles. The number of hydrogen-bond donors (Lipinski definition) is 0. The molecule has 2 aromatic heterocycles. The molecule has 3 heterocycles. The molecule has 0 aliphatic carbocycles. The van der Waals surface area contributed by atoms with Crippen LogP contribution in [0.5, 0.6) is 0 Å². The third kappa shape index (κ3) is 3.45. The number of piperazine rings is 1. The summed E-state index contributed by atoms with van der Waals surface area (Å²) >= 11 is 1.38. The first-order chi connectivity index (χ1) is 14.2. The molecule has 0 N–H and O–H groups in total. The van der Waals surface area contributed by atoms with Crippen molar-refractivity contribution in [1.29, 1.82) is 0 Å². The molecule has 1 saturated heterocycles. The van der Waals surface area contributed by atoms with Gasteiger partial charge in [0.1, 0.15) is 5.58 Å². The van der Waals surface area contributed by atoms with Gasteiger partial charge in [-0.05, 0) is 23.8 Å². The SMILES string of the molecule is O=C(c1cc2c(=O)oc3ccccc3c2s1)N1CCN(Cc2ccccc2)CC1. The minimum absolute atomic E-state index is 0.00552. The predicted octanol–water partition coefficient (Wildman–Crippen LogP) is 3.97. The normalized spacial score (nSPS) is 15.2. The zero-order valence-corrected chi connectivity index (χ0v) is 16.7. The highest BCUT2D eigenvalue weighted by molar-refractivity contribution is 7.21. The largest absolute Gasteiger partial charge is 0.422 e. The summed E-state index contributed by atoms with van der Waals surface area (Å²) in [4.78, 5) is 30.2. The van der Waals surface area contributed by atoms with E-state index in [0.717, 1.165) is 29.7 Å². The lowest BCUT2D eigenvalue weighted by Gasteiger charge is -2.34. The van der Waals surface area contributed by atoms with Crippen LogP contribution in [0.25, 0.3) is 21.1 Å². The first-order valence-corrected chi connectivity index (χ1v) is 10.5. The Morgan fingerprint density at radius 1 is 0.931 bits per heavy atom. The quantitative estimate of drug-likeness (QED) is 0.485. The topological polar surface area (TPSA) is 53.8 Å². The number of thiophene rings is 1. The van der Waals surface area contributed by atoms with E-state index in [1.807, 2.05) is 29.2 Å². The predicted molar refractivity (Wildman–Crippen MR) is 115 cm³/mol. The standard InChI is InChI=1S/C23H20N2O3S/c26-22(25-12-10-24(11-13-25)15-16-6-2-1-3-7-16)20-14-18-21(29-20)17-8-4-5-9-19(17)28-23(18)27/h1-9,14H,10-13,15H2. The Kier molecular flexibility index (Phi) is 4.66. The van der Waals surface area contributed by atoms with Crippen LogP contribution < -0.4 is 5.63 Å². The van der Waals surface area contributed by atoms with E-state index in [1.54, 1.807) is 12.1 Å². The van der Waals surface area contributed by atoms with E-state index < -0.39 is 0 Å². The molecule has 1 aliphatic heterocycles. The summed E-state index contributed by atoms with van der Waals surface area (Å²) in [5.41, 5.74) is 1.46. The van der Waals surface area contributed by atoms with Gasteiger partial charge in [0.2, 0.25) is 0 Å². The maximum absolute atomic E-state index is 13.1. The second kappa shape index (κ2) is 7.46. The highest BCUT2D eigenvalue weighted by atomic mass is 32.1. The zero-order chi connectivity index (χ0) is 19.8. The van der Waals surface area contributed by atoms with Crippen LogP contribution in [0.4, 0.5) is 0 Å². The van der Waals surface area contributed by atoms with Crippen LogP contribution in [-0.2, 0) is 6.54 Å². The highest BCUT2D eigenvalue weighted by Crippen LogP contribution is 2.31. The fourth-order valence-corrected chi connectivity index (χ4v) is 5.00. The number of rotatable bonds is 3. The molecule has 2 aromatic carbocycles. The van der Waals surface area contributed by atoms with E-state index in [1.165, 1.54) is 16.9 Å². The van der Waals surface area contributed by atoms with Crippen LogP contribution in [0, 0.1) is 0 Å². The van der Waals surface area contributed by atoms with E-state index in [0.29, 0.717) is 28.9 Å². The van der Waals surface area contributed by atoms with Gasteiger partial charge in [-0.15, -0.1) is 11.3 Å². The van der Waals surface area contributed by atoms with Crippen molar-refractivity contribution in [2.75, 3.05) is 26.2 Å². The smallest absolute Gasteiger partial charge is 0.345 e. The molecule has 5 rings (SSSR count). The van der Waals surface area contributed by atoms with Crippen molar-refractivity contribution in [2.24, 2.45) is 0 Å². The summed E-state index contributed by atoms with van der Waals surface area (Å²) in [6, 6.07) is 19.5. The molecule has 0 atom stereocenters. The van der Waals surface area contributed by atoms with E-state index >= 15 is 0 Å². The van der Waals surface area contributed by atoms with Gasteiger partial charge in [-0.2, -0.15) is 0 Å². The van der Waals surface area contributed by atoms with Crippen molar-refractivity contribution in [3.05, 3.63) is 81.5 Å². The Morgan fingerprint density at radius 2 is 1.66 bits per heavy atom. The summed E-state index contributed by atoms with van der Waals surface area (Å²) in [7, 11) is 0.